The van der Waals surface area contributed by atoms with Crippen LogP contribution in [0.2, 0.25) is 0 Å². The molecule has 0 aliphatic carbocycles. The van der Waals surface area contributed by atoms with E-state index in [4.69, 9.17) is 5.73 Å². The topological polar surface area (TPSA) is 303 Å². The zero-order valence-corrected chi connectivity index (χ0v) is 35.6. The maximum absolute atomic E-state index is 14.3. The van der Waals surface area contributed by atoms with Gasteiger partial charge in [0, 0.05) is 36.0 Å². The van der Waals surface area contributed by atoms with Crippen LogP contribution in [0.3, 0.4) is 0 Å². The molecule has 1 saturated heterocycles. The van der Waals surface area contributed by atoms with Crippen molar-refractivity contribution in [3.63, 3.8) is 0 Å². The molecular weight excluding hydrogens is 813 g/mol. The van der Waals surface area contributed by atoms with Gasteiger partial charge in [-0.3, -0.25) is 43.2 Å². The van der Waals surface area contributed by atoms with Gasteiger partial charge in [-0.05, 0) is 30.4 Å². The number of nitrogens with one attached hydrogen (secondary N) is 8. The Hall–Kier alpha value is -5.70. The molecular formula is C40H56N10O10S. The number of rotatable bonds is 6. The van der Waals surface area contributed by atoms with Gasteiger partial charge >= 0.3 is 0 Å². The molecule has 11 N–H and O–H groups in total. The molecule has 5 rings (SSSR count). The van der Waals surface area contributed by atoms with Crippen LogP contribution in [0, 0.1) is 11.8 Å². The third-order valence-electron chi connectivity index (χ3n) is 11.5. The largest absolute Gasteiger partial charge is 0.391 e. The number of H-pyrrole nitrogens is 1. The van der Waals surface area contributed by atoms with Gasteiger partial charge in [0.15, 0.2) is 0 Å². The van der Waals surface area contributed by atoms with Crippen molar-refractivity contribution >= 4 is 75.8 Å². The Morgan fingerprint density at radius 2 is 1.46 bits per heavy atom. The van der Waals surface area contributed by atoms with Gasteiger partial charge in [0.05, 0.1) is 24.1 Å². The summed E-state index contributed by atoms with van der Waals surface area (Å²) in [6.07, 6.45) is -1.45. The number of aromatic amines is 1. The lowest BCUT2D eigenvalue weighted by Crippen LogP contribution is -2.61. The zero-order valence-electron chi connectivity index (χ0n) is 34.8. The number of nitrogens with zero attached hydrogens (tertiary/aromatic N) is 1. The minimum absolute atomic E-state index is 0.150. The average molecular weight is 869 g/mol. The maximum atomic E-state index is 14.3. The van der Waals surface area contributed by atoms with E-state index in [0.717, 1.165) is 16.7 Å². The molecule has 10 atom stereocenters. The molecule has 2 bridgehead atoms. The Bertz CT molecular complexity index is 2040. The van der Waals surface area contributed by atoms with Crippen LogP contribution in [-0.2, 0) is 49.6 Å². The number of primary amides is 1. The summed E-state index contributed by atoms with van der Waals surface area (Å²) < 4.78 is 0. The number of aromatic nitrogens is 1. The Balaban J connectivity index is 1.69. The predicted octanol–water partition coefficient (Wildman–Crippen LogP) is -2.20. The van der Waals surface area contributed by atoms with Crippen LogP contribution >= 0.6 is 11.8 Å². The van der Waals surface area contributed by atoms with Crippen LogP contribution in [0.15, 0.2) is 29.3 Å². The van der Waals surface area contributed by atoms with E-state index in [1.165, 1.54) is 6.92 Å². The number of aliphatic hydroxyl groups excluding tert-OH is 1. The number of hydrogen-bond donors (Lipinski definition) is 10. The Morgan fingerprint density at radius 3 is 2.13 bits per heavy atom. The third kappa shape index (κ3) is 11.2. The summed E-state index contributed by atoms with van der Waals surface area (Å²) in [5.74, 6) is -8.49. The first-order chi connectivity index (χ1) is 28.9. The lowest BCUT2D eigenvalue weighted by atomic mass is 9.96. The lowest BCUT2D eigenvalue weighted by molar-refractivity contribution is -0.143. The minimum atomic E-state index is -1.65. The van der Waals surface area contributed by atoms with Gasteiger partial charge in [0.2, 0.25) is 53.2 Å². The molecule has 9 amide bonds. The second-order valence-electron chi connectivity index (χ2n) is 16.0. The van der Waals surface area contributed by atoms with Gasteiger partial charge in [0.25, 0.3) is 0 Å². The highest BCUT2D eigenvalue weighted by molar-refractivity contribution is 7.99. The number of carbonyl (C=O) groups is 9. The monoisotopic (exact) mass is 868 g/mol. The molecule has 0 saturated carbocycles. The molecule has 1 aromatic carbocycles. The molecule has 21 heteroatoms. The fraction of sp³-hybridized carbons (Fsp3) is 0.575. The second kappa shape index (κ2) is 20.2. The van der Waals surface area contributed by atoms with E-state index in [1.54, 1.807) is 52.0 Å². The number of carbonyl (C=O) groups excluding carboxylic acids is 9. The molecule has 0 radical (unpaired) electrons. The van der Waals surface area contributed by atoms with E-state index < -0.39 is 126 Å². The number of thioether (sulfide) groups is 1. The normalized spacial score (nSPS) is 28.8. The molecule has 61 heavy (non-hydrogen) atoms. The van der Waals surface area contributed by atoms with E-state index in [-0.39, 0.29) is 25.1 Å². The molecule has 1 fully saturated rings. The van der Waals surface area contributed by atoms with Gasteiger partial charge in [0.1, 0.15) is 42.3 Å². The Morgan fingerprint density at radius 1 is 0.820 bits per heavy atom. The van der Waals surface area contributed by atoms with Gasteiger partial charge < -0.3 is 57.9 Å². The zero-order chi connectivity index (χ0) is 44.7. The van der Waals surface area contributed by atoms with E-state index in [0.29, 0.717) is 34.3 Å². The van der Waals surface area contributed by atoms with Crippen molar-refractivity contribution in [1.29, 1.82) is 0 Å². The lowest BCUT2D eigenvalue weighted by Gasteiger charge is -2.32. The molecule has 4 heterocycles. The van der Waals surface area contributed by atoms with Crippen LogP contribution in [-0.4, -0.2) is 135 Å². The minimum Gasteiger partial charge on any atom is -0.391 e. The summed E-state index contributed by atoms with van der Waals surface area (Å²) in [6.45, 7) is 7.48. The quantitative estimate of drug-likeness (QED) is 0.149. The number of hydrogen-bond acceptors (Lipinski definition) is 11. The maximum Gasteiger partial charge on any atom is 0.246 e. The smallest absolute Gasteiger partial charge is 0.246 e. The Kier molecular flexibility index (Phi) is 15.4. The molecule has 2 aromatic rings. The number of benzene rings is 1. The SMILES string of the molecule is CCC(C)C1NC(=O)CNC(=O)C2Cc3c([nH]c4ccccc34)SCC(NC(=O)C(C)NC1=O)C(=O)NC(CC(N)=O)C(=O)N1CC(O)CC1C(=O)NC(C(C)CC)C(=O)N2. The van der Waals surface area contributed by atoms with Crippen LogP contribution in [0.1, 0.15) is 65.9 Å². The van der Waals surface area contributed by atoms with Gasteiger partial charge in [-0.2, -0.15) is 0 Å². The third-order valence-corrected chi connectivity index (χ3v) is 12.6. The standard InChI is InChI=1S/C40H56N10O10S/c1-6-18(3)31-37(58)43-20(5)33(54)46-27-17-61-39-23(22-10-8-9-11-24(22)47-39)13-25(34(55)42-15-30(53)48-31)44-38(59)32(19(4)7-2)49-36(57)28-12-21(51)16-50(28)40(60)26(14-29(41)52)45-35(27)56/h8-11,18-21,25-28,31-32,47,51H,6-7,12-17H2,1-5H3,(H2,41,52)(H,42,55)(H,43,58)(H,44,59)(H,45,56)(H,46,54)(H,48,53)(H,49,57). The molecule has 0 spiro atoms. The predicted molar refractivity (Wildman–Crippen MR) is 222 cm³/mol. The summed E-state index contributed by atoms with van der Waals surface area (Å²) in [5, 5.41) is 30.3. The van der Waals surface area contributed by atoms with E-state index >= 15 is 0 Å². The van der Waals surface area contributed by atoms with Crippen LogP contribution in [0.5, 0.6) is 0 Å². The average Bonchev–Trinajstić information content (AvgIpc) is 3.79. The van der Waals surface area contributed by atoms with E-state index in [1.807, 2.05) is 0 Å². The van der Waals surface area contributed by atoms with Crippen molar-refractivity contribution in [2.75, 3.05) is 18.8 Å². The number of nitrogens with two attached hydrogens (primary N) is 1. The number of fused-ring (bicyclic) bond motifs is 5. The van der Waals surface area contributed by atoms with Gasteiger partial charge in [-0.15, -0.1) is 11.8 Å². The van der Waals surface area contributed by atoms with Crippen molar-refractivity contribution < 1.29 is 48.3 Å². The summed E-state index contributed by atoms with van der Waals surface area (Å²) in [7, 11) is 0. The van der Waals surface area contributed by atoms with Crippen molar-refractivity contribution in [2.24, 2.45) is 17.6 Å². The van der Waals surface area contributed by atoms with Gasteiger partial charge in [-0.25, -0.2) is 0 Å². The molecule has 3 aliphatic rings. The first-order valence-electron chi connectivity index (χ1n) is 20.5. The first-order valence-corrected chi connectivity index (χ1v) is 21.5. The molecule has 332 valence electrons. The highest BCUT2D eigenvalue weighted by Crippen LogP contribution is 2.32. The second-order valence-corrected chi connectivity index (χ2v) is 17.0. The van der Waals surface area contributed by atoms with Crippen LogP contribution in [0.4, 0.5) is 0 Å². The first kappa shape index (κ1) is 46.4. The summed E-state index contributed by atoms with van der Waals surface area (Å²) in [4.78, 5) is 128. The van der Waals surface area contributed by atoms with E-state index in [2.05, 4.69) is 42.2 Å². The van der Waals surface area contributed by atoms with Crippen molar-refractivity contribution in [1.82, 2.24) is 47.1 Å². The summed E-state index contributed by atoms with van der Waals surface area (Å²) in [6, 6.07) is -2.30. The number of aliphatic hydroxyl groups is 1. The highest BCUT2D eigenvalue weighted by atomic mass is 32.2. The fourth-order valence-electron chi connectivity index (χ4n) is 7.54. The molecule has 20 nitrogen and oxygen atoms in total. The number of para-hydroxylation sites is 1. The highest BCUT2D eigenvalue weighted by Gasteiger charge is 2.44. The van der Waals surface area contributed by atoms with Crippen LogP contribution in [0.25, 0.3) is 10.9 Å². The van der Waals surface area contributed by atoms with Crippen LogP contribution < -0.4 is 43.0 Å². The number of amides is 9. The molecule has 3 aliphatic heterocycles. The van der Waals surface area contributed by atoms with Gasteiger partial charge in [-0.1, -0.05) is 58.7 Å². The summed E-state index contributed by atoms with van der Waals surface area (Å²) in [5.41, 5.74) is 6.72. The Labute approximate surface area is 356 Å². The van der Waals surface area contributed by atoms with Crippen molar-refractivity contribution in [3.05, 3.63) is 29.8 Å². The molecule has 1 aromatic heterocycles. The molecule has 10 unspecified atom stereocenters. The van der Waals surface area contributed by atoms with Crippen molar-refractivity contribution in [3.8, 4) is 0 Å². The van der Waals surface area contributed by atoms with Crippen molar-refractivity contribution in [2.45, 2.75) is 120 Å². The fourth-order valence-corrected chi connectivity index (χ4v) is 8.66. The summed E-state index contributed by atoms with van der Waals surface area (Å²) >= 11 is 1.08. The van der Waals surface area contributed by atoms with E-state index in [9.17, 15) is 48.3 Å².